The van der Waals surface area contributed by atoms with Crippen molar-refractivity contribution in [3.05, 3.63) is 70.8 Å². The van der Waals surface area contributed by atoms with Crippen LogP contribution in [0.3, 0.4) is 0 Å². The highest BCUT2D eigenvalue weighted by Crippen LogP contribution is 2.39. The van der Waals surface area contributed by atoms with E-state index in [0.717, 1.165) is 29.5 Å². The van der Waals surface area contributed by atoms with Crippen LogP contribution in [0.4, 0.5) is 0 Å². The molecule has 0 atom stereocenters. The van der Waals surface area contributed by atoms with Crippen molar-refractivity contribution in [2.75, 3.05) is 6.54 Å². The Balaban J connectivity index is 1.43. The molecule has 0 bridgehead atoms. The molecular weight excluding hydrogens is 504 g/mol. The normalized spacial score (nSPS) is 18.2. The number of rotatable bonds is 12. The predicted octanol–water partition coefficient (Wildman–Crippen LogP) is 4.63. The molecule has 2 aromatic rings. The van der Waals surface area contributed by atoms with Gasteiger partial charge in [0.05, 0.1) is 18.3 Å². The molecule has 8 nitrogen and oxygen atoms in total. The van der Waals surface area contributed by atoms with E-state index in [-0.39, 0.29) is 30.9 Å². The van der Waals surface area contributed by atoms with E-state index in [1.54, 1.807) is 12.1 Å². The fourth-order valence-electron chi connectivity index (χ4n) is 4.80. The van der Waals surface area contributed by atoms with E-state index in [2.05, 4.69) is 31.4 Å². The molecule has 0 saturated heterocycles. The van der Waals surface area contributed by atoms with Crippen LogP contribution in [0.1, 0.15) is 79.9 Å². The van der Waals surface area contributed by atoms with Crippen molar-refractivity contribution in [2.24, 2.45) is 11.3 Å². The van der Waals surface area contributed by atoms with Crippen molar-refractivity contribution >= 4 is 22.0 Å². The second-order valence-electron chi connectivity index (χ2n) is 11.1. The topological polar surface area (TPSA) is 122 Å². The van der Waals surface area contributed by atoms with Gasteiger partial charge in [-0.15, -0.1) is 0 Å². The van der Waals surface area contributed by atoms with Gasteiger partial charge < -0.3 is 15.7 Å². The highest BCUT2D eigenvalue weighted by Gasteiger charge is 2.35. The Labute approximate surface area is 226 Å². The summed E-state index contributed by atoms with van der Waals surface area (Å²) in [6, 6.07) is 14.8. The number of carboxylic acid groups (broad SMARTS) is 1. The van der Waals surface area contributed by atoms with Gasteiger partial charge in [-0.1, -0.05) is 57.2 Å². The van der Waals surface area contributed by atoms with Crippen molar-refractivity contribution in [1.82, 2.24) is 10.6 Å². The van der Waals surface area contributed by atoms with Crippen LogP contribution < -0.4 is 10.6 Å². The molecule has 1 amide bonds. The van der Waals surface area contributed by atoms with E-state index in [4.69, 9.17) is 9.29 Å². The second kappa shape index (κ2) is 13.4. The summed E-state index contributed by atoms with van der Waals surface area (Å²) >= 11 is 0. The second-order valence-corrected chi connectivity index (χ2v) is 13.0. The average molecular weight is 545 g/mol. The fraction of sp³-hybridized carbons (Fsp3) is 0.517. The first-order valence-electron chi connectivity index (χ1n) is 13.2. The first-order valence-corrected chi connectivity index (χ1v) is 14.7. The monoisotopic (exact) mass is 544 g/mol. The molecule has 0 heterocycles. The predicted molar refractivity (Wildman–Crippen MR) is 147 cm³/mol. The molecule has 208 valence electrons. The molecule has 38 heavy (non-hydrogen) atoms. The number of carbonyl (C=O) groups excluding carboxylic acids is 1. The van der Waals surface area contributed by atoms with Crippen molar-refractivity contribution in [2.45, 2.75) is 77.8 Å². The van der Waals surface area contributed by atoms with Crippen LogP contribution in [0, 0.1) is 11.3 Å². The molecule has 0 aromatic heterocycles. The maximum absolute atomic E-state index is 12.8. The number of carboxylic acids is 1. The zero-order valence-corrected chi connectivity index (χ0v) is 23.4. The third-order valence-corrected chi connectivity index (χ3v) is 8.92. The lowest BCUT2D eigenvalue weighted by Gasteiger charge is -2.36. The molecule has 1 saturated carbocycles. The van der Waals surface area contributed by atoms with Crippen molar-refractivity contribution in [1.29, 1.82) is 0 Å². The third-order valence-electron chi connectivity index (χ3n) is 7.19. The zero-order valence-electron chi connectivity index (χ0n) is 22.5. The van der Waals surface area contributed by atoms with Crippen LogP contribution in [0.15, 0.2) is 48.5 Å². The standard InChI is InChI=1S/C29H40N2O6S/c1-29(2,3)25-11-13-26(14-12-25)38(35,36)37-20-23-6-4-5-22(17-23)19-30-18-21-7-9-24(10-8-21)28(34)31-16-15-27(32)33/h4-10,17,25-26,30H,11-16,18-20H2,1-3H3,(H,31,34)(H,32,33). The van der Waals surface area contributed by atoms with E-state index >= 15 is 0 Å². The van der Waals surface area contributed by atoms with Crippen molar-refractivity contribution in [3.8, 4) is 0 Å². The number of hydrogen-bond donors (Lipinski definition) is 3. The van der Waals surface area contributed by atoms with Gasteiger partial charge in [0.15, 0.2) is 0 Å². The van der Waals surface area contributed by atoms with Gasteiger partial charge in [-0.3, -0.25) is 13.8 Å². The summed E-state index contributed by atoms with van der Waals surface area (Å²) in [6.45, 7) is 7.96. The van der Waals surface area contributed by atoms with E-state index < -0.39 is 21.3 Å². The van der Waals surface area contributed by atoms with Gasteiger partial charge in [0.25, 0.3) is 16.0 Å². The van der Waals surface area contributed by atoms with Gasteiger partial charge in [0.1, 0.15) is 0 Å². The van der Waals surface area contributed by atoms with Gasteiger partial charge in [0, 0.05) is 25.2 Å². The lowest BCUT2D eigenvalue weighted by atomic mass is 9.72. The first kappa shape index (κ1) is 29.8. The number of carbonyl (C=O) groups is 2. The number of aliphatic carboxylic acids is 1. The molecule has 3 N–H and O–H groups in total. The lowest BCUT2D eigenvalue weighted by Crippen LogP contribution is -2.32. The fourth-order valence-corrected chi connectivity index (χ4v) is 6.15. The highest BCUT2D eigenvalue weighted by molar-refractivity contribution is 7.87. The molecule has 3 rings (SSSR count). The largest absolute Gasteiger partial charge is 0.481 e. The van der Waals surface area contributed by atoms with Crippen LogP contribution in [0.2, 0.25) is 0 Å². The maximum Gasteiger partial charge on any atom is 0.305 e. The summed E-state index contributed by atoms with van der Waals surface area (Å²) in [5, 5.41) is 14.2. The summed E-state index contributed by atoms with van der Waals surface area (Å²) < 4.78 is 31.0. The minimum absolute atomic E-state index is 0.0331. The Bertz CT molecular complexity index is 1180. The summed E-state index contributed by atoms with van der Waals surface area (Å²) in [4.78, 5) is 22.6. The number of nitrogens with one attached hydrogen (secondary N) is 2. The van der Waals surface area contributed by atoms with Crippen LogP contribution in [0.25, 0.3) is 0 Å². The third kappa shape index (κ3) is 9.22. The summed E-state index contributed by atoms with van der Waals surface area (Å²) in [5.41, 5.74) is 3.51. The maximum atomic E-state index is 12.8. The van der Waals surface area contributed by atoms with Gasteiger partial charge in [0.2, 0.25) is 0 Å². The van der Waals surface area contributed by atoms with E-state index in [1.807, 2.05) is 36.4 Å². The van der Waals surface area contributed by atoms with Crippen LogP contribution in [0.5, 0.6) is 0 Å². The van der Waals surface area contributed by atoms with E-state index in [1.165, 1.54) is 0 Å². The average Bonchev–Trinajstić information content (AvgIpc) is 2.87. The van der Waals surface area contributed by atoms with Crippen molar-refractivity contribution < 1.29 is 27.3 Å². The lowest BCUT2D eigenvalue weighted by molar-refractivity contribution is -0.136. The highest BCUT2D eigenvalue weighted by atomic mass is 32.2. The van der Waals surface area contributed by atoms with Gasteiger partial charge >= 0.3 is 5.97 Å². The summed E-state index contributed by atoms with van der Waals surface area (Å²) in [6.07, 6.45) is 3.03. The molecule has 9 heteroatoms. The Kier molecular flexibility index (Phi) is 10.5. The molecule has 0 unspecified atom stereocenters. The molecular formula is C29H40N2O6S. The quantitative estimate of drug-likeness (QED) is 0.333. The van der Waals surface area contributed by atoms with Gasteiger partial charge in [-0.05, 0) is 65.8 Å². The van der Waals surface area contributed by atoms with Crippen LogP contribution >= 0.6 is 0 Å². The molecule has 0 spiro atoms. The smallest absolute Gasteiger partial charge is 0.305 e. The Morgan fingerprint density at radius 3 is 2.21 bits per heavy atom. The van der Waals surface area contributed by atoms with Gasteiger partial charge in [-0.25, -0.2) is 0 Å². The summed E-state index contributed by atoms with van der Waals surface area (Å²) in [7, 11) is -3.61. The molecule has 1 aliphatic carbocycles. The Morgan fingerprint density at radius 2 is 1.58 bits per heavy atom. The van der Waals surface area contributed by atoms with Crippen LogP contribution in [-0.2, 0) is 38.8 Å². The Morgan fingerprint density at radius 1 is 0.947 bits per heavy atom. The van der Waals surface area contributed by atoms with E-state index in [9.17, 15) is 18.0 Å². The minimum Gasteiger partial charge on any atom is -0.481 e. The summed E-state index contributed by atoms with van der Waals surface area (Å²) in [5.74, 6) is -0.709. The van der Waals surface area contributed by atoms with Crippen LogP contribution in [-0.4, -0.2) is 37.2 Å². The van der Waals surface area contributed by atoms with Crippen molar-refractivity contribution in [3.63, 3.8) is 0 Å². The SMILES string of the molecule is CC(C)(C)C1CCC(S(=O)(=O)OCc2cccc(CNCc3ccc(C(=O)NCCC(=O)O)cc3)c2)CC1. The molecule has 2 aromatic carbocycles. The molecule has 1 aliphatic rings. The van der Waals surface area contributed by atoms with Gasteiger partial charge in [-0.2, -0.15) is 8.42 Å². The molecule has 0 radical (unpaired) electrons. The number of benzene rings is 2. The number of amides is 1. The molecule has 0 aliphatic heterocycles. The minimum atomic E-state index is -3.61. The zero-order chi connectivity index (χ0) is 27.8. The van der Waals surface area contributed by atoms with E-state index in [0.29, 0.717) is 37.4 Å². The number of hydrogen-bond acceptors (Lipinski definition) is 6. The Hall–Kier alpha value is -2.75. The first-order chi connectivity index (χ1) is 17.9. The molecule has 1 fully saturated rings.